The van der Waals surface area contributed by atoms with Gasteiger partial charge in [0.1, 0.15) is 5.82 Å². The number of pyridine rings is 1. The van der Waals surface area contributed by atoms with Gasteiger partial charge in [0, 0.05) is 11.9 Å². The summed E-state index contributed by atoms with van der Waals surface area (Å²) >= 11 is 3.43. The minimum atomic E-state index is 0.438. The Morgan fingerprint density at radius 3 is 2.65 bits per heavy atom. The zero-order valence-electron chi connectivity index (χ0n) is 9.02. The monoisotopic (exact) mass is 287 g/mol. The van der Waals surface area contributed by atoms with Crippen LogP contribution in [0.4, 0.5) is 11.5 Å². The quantitative estimate of drug-likeness (QED) is 0.937. The largest absolute Gasteiger partial charge is 0.339 e. The van der Waals surface area contributed by atoms with Crippen LogP contribution >= 0.6 is 15.9 Å². The third-order valence-electron chi connectivity index (χ3n) is 2.26. The number of nitriles is 1. The molecule has 1 heterocycles. The molecule has 0 fully saturated rings. The van der Waals surface area contributed by atoms with Gasteiger partial charge in [0.2, 0.25) is 0 Å². The Kier molecular flexibility index (Phi) is 3.73. The highest BCUT2D eigenvalue weighted by molar-refractivity contribution is 9.10. The molecule has 0 radical (unpaired) electrons. The highest BCUT2D eigenvalue weighted by atomic mass is 79.9. The van der Waals surface area contributed by atoms with Crippen LogP contribution in [0, 0.1) is 11.3 Å². The number of aromatic nitrogens is 1. The molecule has 1 aromatic carbocycles. The Bertz CT molecular complexity index is 543. The Balaban J connectivity index is 2.15. The molecule has 84 valence electrons. The Hall–Kier alpha value is -1.86. The molecular weight excluding hydrogens is 278 g/mol. The van der Waals surface area contributed by atoms with Gasteiger partial charge < -0.3 is 5.32 Å². The maximum atomic E-state index is 8.58. The van der Waals surface area contributed by atoms with Crippen molar-refractivity contribution in [3.05, 3.63) is 52.6 Å². The van der Waals surface area contributed by atoms with Crippen LogP contribution in [0.15, 0.2) is 47.1 Å². The second-order valence-corrected chi connectivity index (χ2v) is 4.34. The van der Waals surface area contributed by atoms with Crippen molar-refractivity contribution < 1.29 is 0 Å². The smallest absolute Gasteiger partial charge is 0.144 e. The fraction of sp³-hybridized carbons (Fsp3) is 0.0769. The summed E-state index contributed by atoms with van der Waals surface area (Å²) in [6.07, 6.45) is 2.17. The van der Waals surface area contributed by atoms with Crippen molar-refractivity contribution in [1.29, 1.82) is 5.26 Å². The summed E-state index contributed by atoms with van der Waals surface area (Å²) in [5.74, 6) is 0.778. The first-order valence-electron chi connectivity index (χ1n) is 5.13. The molecule has 0 aliphatic heterocycles. The highest BCUT2D eigenvalue weighted by Gasteiger charge is 2.00. The topological polar surface area (TPSA) is 48.7 Å². The number of hydrogen-bond acceptors (Lipinski definition) is 3. The predicted octanol–water partition coefficient (Wildman–Crippen LogP) is 3.65. The molecule has 0 saturated heterocycles. The molecule has 0 aliphatic carbocycles. The molecule has 0 bridgehead atoms. The van der Waals surface area contributed by atoms with Gasteiger partial charge in [-0.3, -0.25) is 0 Å². The van der Waals surface area contributed by atoms with Crippen LogP contribution in [0.5, 0.6) is 0 Å². The Labute approximate surface area is 108 Å². The molecule has 0 aliphatic rings. The zero-order chi connectivity index (χ0) is 12.1. The fourth-order valence-corrected chi connectivity index (χ4v) is 1.77. The minimum absolute atomic E-state index is 0.438. The second kappa shape index (κ2) is 5.46. The van der Waals surface area contributed by atoms with E-state index in [1.807, 2.05) is 36.4 Å². The summed E-state index contributed by atoms with van der Waals surface area (Å²) in [6.45, 7) is 0. The summed E-state index contributed by atoms with van der Waals surface area (Å²) in [7, 11) is 0. The van der Waals surface area contributed by atoms with E-state index >= 15 is 0 Å². The number of hydrogen-bond donors (Lipinski definition) is 1. The van der Waals surface area contributed by atoms with E-state index in [1.165, 1.54) is 0 Å². The van der Waals surface area contributed by atoms with Gasteiger partial charge in [0.05, 0.1) is 17.0 Å². The lowest BCUT2D eigenvalue weighted by Gasteiger charge is -2.07. The normalized spacial score (nSPS) is 9.65. The van der Waals surface area contributed by atoms with Crippen LogP contribution in [0.25, 0.3) is 0 Å². The van der Waals surface area contributed by atoms with Gasteiger partial charge in [-0.1, -0.05) is 12.1 Å². The van der Waals surface area contributed by atoms with E-state index in [2.05, 4.69) is 32.3 Å². The number of anilines is 2. The van der Waals surface area contributed by atoms with Crippen LogP contribution in [0.2, 0.25) is 0 Å². The summed E-state index contributed by atoms with van der Waals surface area (Å²) in [5, 5.41) is 11.8. The summed E-state index contributed by atoms with van der Waals surface area (Å²) < 4.78 is 0.918. The van der Waals surface area contributed by atoms with Gasteiger partial charge in [0.25, 0.3) is 0 Å². The lowest BCUT2D eigenvalue weighted by molar-refractivity contribution is 1.25. The third-order valence-corrected chi connectivity index (χ3v) is 2.90. The highest BCUT2D eigenvalue weighted by Crippen LogP contribution is 2.22. The average Bonchev–Trinajstić information content (AvgIpc) is 2.35. The molecule has 1 N–H and O–H groups in total. The molecule has 1 aromatic heterocycles. The number of rotatable bonds is 3. The summed E-state index contributed by atoms with van der Waals surface area (Å²) in [6, 6.07) is 13.7. The molecule has 2 aromatic rings. The average molecular weight is 288 g/mol. The van der Waals surface area contributed by atoms with Gasteiger partial charge in [-0.2, -0.15) is 5.26 Å². The second-order valence-electron chi connectivity index (χ2n) is 3.49. The van der Waals surface area contributed by atoms with Crippen molar-refractivity contribution in [3.8, 4) is 6.07 Å². The van der Waals surface area contributed by atoms with E-state index in [0.29, 0.717) is 6.42 Å². The summed E-state index contributed by atoms with van der Waals surface area (Å²) in [5.41, 5.74) is 1.96. The molecule has 3 nitrogen and oxygen atoms in total. The molecule has 4 heteroatoms. The lowest BCUT2D eigenvalue weighted by Crippen LogP contribution is -1.94. The van der Waals surface area contributed by atoms with Crippen molar-refractivity contribution in [2.75, 3.05) is 5.32 Å². The van der Waals surface area contributed by atoms with Crippen LogP contribution < -0.4 is 5.32 Å². The van der Waals surface area contributed by atoms with E-state index in [1.54, 1.807) is 6.20 Å². The third kappa shape index (κ3) is 3.05. The fourth-order valence-electron chi connectivity index (χ4n) is 1.41. The molecule has 0 saturated carbocycles. The van der Waals surface area contributed by atoms with E-state index in [0.717, 1.165) is 21.5 Å². The Morgan fingerprint density at radius 1 is 1.24 bits per heavy atom. The number of benzene rings is 1. The van der Waals surface area contributed by atoms with Crippen LogP contribution in [0.1, 0.15) is 5.56 Å². The SMILES string of the molecule is N#CCc1ccc(Nc2ncccc2Br)cc1. The van der Waals surface area contributed by atoms with Gasteiger partial charge in [-0.05, 0) is 45.8 Å². The van der Waals surface area contributed by atoms with Crippen molar-refractivity contribution in [3.63, 3.8) is 0 Å². The minimum Gasteiger partial charge on any atom is -0.339 e. The van der Waals surface area contributed by atoms with Gasteiger partial charge in [0.15, 0.2) is 0 Å². The maximum absolute atomic E-state index is 8.58. The number of nitrogens with zero attached hydrogens (tertiary/aromatic N) is 2. The Morgan fingerprint density at radius 2 is 2.00 bits per heavy atom. The molecule has 2 rings (SSSR count). The van der Waals surface area contributed by atoms with Gasteiger partial charge in [-0.15, -0.1) is 0 Å². The molecular formula is C13H10BrN3. The van der Waals surface area contributed by atoms with E-state index < -0.39 is 0 Å². The van der Waals surface area contributed by atoms with Crippen molar-refractivity contribution >= 4 is 27.4 Å². The van der Waals surface area contributed by atoms with E-state index in [9.17, 15) is 0 Å². The first-order valence-corrected chi connectivity index (χ1v) is 5.92. The first kappa shape index (κ1) is 11.6. The maximum Gasteiger partial charge on any atom is 0.144 e. The van der Waals surface area contributed by atoms with Crippen molar-refractivity contribution in [2.24, 2.45) is 0 Å². The van der Waals surface area contributed by atoms with Crippen LogP contribution in [0.3, 0.4) is 0 Å². The lowest BCUT2D eigenvalue weighted by atomic mass is 10.1. The number of halogens is 1. The van der Waals surface area contributed by atoms with Crippen molar-refractivity contribution in [2.45, 2.75) is 6.42 Å². The van der Waals surface area contributed by atoms with Gasteiger partial charge in [-0.25, -0.2) is 4.98 Å². The molecule has 0 spiro atoms. The predicted molar refractivity (Wildman–Crippen MR) is 71.0 cm³/mol. The van der Waals surface area contributed by atoms with E-state index in [4.69, 9.17) is 5.26 Å². The van der Waals surface area contributed by atoms with E-state index in [-0.39, 0.29) is 0 Å². The molecule has 0 amide bonds. The first-order chi connectivity index (χ1) is 8.29. The van der Waals surface area contributed by atoms with Gasteiger partial charge >= 0.3 is 0 Å². The van der Waals surface area contributed by atoms with Crippen LogP contribution in [-0.2, 0) is 6.42 Å². The zero-order valence-corrected chi connectivity index (χ0v) is 10.6. The molecule has 17 heavy (non-hydrogen) atoms. The number of nitrogens with one attached hydrogen (secondary N) is 1. The van der Waals surface area contributed by atoms with Crippen LogP contribution in [-0.4, -0.2) is 4.98 Å². The molecule has 0 atom stereocenters. The standard InChI is InChI=1S/C13H10BrN3/c14-12-2-1-9-16-13(12)17-11-5-3-10(4-6-11)7-8-15/h1-6,9H,7H2,(H,16,17). The summed E-state index contributed by atoms with van der Waals surface area (Å²) in [4.78, 5) is 4.22. The van der Waals surface area contributed by atoms with Crippen molar-refractivity contribution in [1.82, 2.24) is 4.98 Å². The molecule has 0 unspecified atom stereocenters.